The molecule has 1 atom stereocenters. The topological polar surface area (TPSA) is 92.5 Å². The number of hydrogen-bond donors (Lipinski definition) is 2. The first-order valence-corrected chi connectivity index (χ1v) is 6.83. The lowest BCUT2D eigenvalue weighted by atomic mass is 10.0. The third-order valence-corrected chi connectivity index (χ3v) is 3.08. The summed E-state index contributed by atoms with van der Waals surface area (Å²) in [7, 11) is 0. The van der Waals surface area contributed by atoms with Gasteiger partial charge in [-0.05, 0) is 24.5 Å². The van der Waals surface area contributed by atoms with Crippen LogP contribution >= 0.6 is 0 Å². The number of aliphatic hydroxyl groups excluding tert-OH is 1. The predicted molar refractivity (Wildman–Crippen MR) is 75.9 cm³/mol. The Labute approximate surface area is 130 Å². The normalized spacial score (nSPS) is 13.0. The lowest BCUT2D eigenvalue weighted by Gasteiger charge is -2.18. The van der Waals surface area contributed by atoms with Gasteiger partial charge in [0.2, 0.25) is 0 Å². The molecule has 9 heteroatoms. The van der Waals surface area contributed by atoms with E-state index in [-0.39, 0.29) is 12.5 Å². The maximum absolute atomic E-state index is 12.6. The van der Waals surface area contributed by atoms with E-state index < -0.39 is 39.9 Å². The molecule has 1 aromatic rings. The maximum atomic E-state index is 12.6. The molecule has 1 rings (SSSR count). The summed E-state index contributed by atoms with van der Waals surface area (Å²) in [6.07, 6.45) is -4.32. The van der Waals surface area contributed by atoms with Crippen LogP contribution in [-0.4, -0.2) is 28.6 Å². The number of nitro benzene ring substituents is 1. The van der Waals surface area contributed by atoms with Gasteiger partial charge in [0, 0.05) is 6.07 Å². The van der Waals surface area contributed by atoms with E-state index >= 15 is 0 Å². The Hall–Kier alpha value is -2.16. The van der Waals surface area contributed by atoms with Crippen molar-refractivity contribution in [2.75, 3.05) is 6.61 Å². The number of amides is 1. The molecule has 23 heavy (non-hydrogen) atoms. The minimum absolute atomic E-state index is 0.148. The highest BCUT2D eigenvalue weighted by Gasteiger charge is 2.34. The standard InChI is InChI=1S/C14H17F3N2O4/c1-8(2)5-10(7-20)18-13(21)11-4-3-9(14(15,16)17)6-12(11)19(22)23/h3-4,6,8,10,20H,5,7H2,1-2H3,(H,18,21). The van der Waals surface area contributed by atoms with Gasteiger partial charge in [0.15, 0.2) is 0 Å². The van der Waals surface area contributed by atoms with Gasteiger partial charge < -0.3 is 10.4 Å². The van der Waals surface area contributed by atoms with Crippen LogP contribution in [-0.2, 0) is 6.18 Å². The Morgan fingerprint density at radius 3 is 2.43 bits per heavy atom. The van der Waals surface area contributed by atoms with Crippen molar-refractivity contribution in [3.63, 3.8) is 0 Å². The quantitative estimate of drug-likeness (QED) is 0.618. The second-order valence-electron chi connectivity index (χ2n) is 5.47. The number of nitro groups is 1. The lowest BCUT2D eigenvalue weighted by Crippen LogP contribution is -2.38. The second kappa shape index (κ2) is 7.40. The summed E-state index contributed by atoms with van der Waals surface area (Å²) in [6.45, 7) is 3.34. The number of aliphatic hydroxyl groups is 1. The van der Waals surface area contributed by atoms with Gasteiger partial charge in [-0.15, -0.1) is 0 Å². The van der Waals surface area contributed by atoms with E-state index in [2.05, 4.69) is 5.32 Å². The fourth-order valence-corrected chi connectivity index (χ4v) is 2.06. The summed E-state index contributed by atoms with van der Waals surface area (Å²) in [4.78, 5) is 22.0. The smallest absolute Gasteiger partial charge is 0.394 e. The van der Waals surface area contributed by atoms with Gasteiger partial charge in [-0.25, -0.2) is 0 Å². The number of halogens is 3. The minimum Gasteiger partial charge on any atom is -0.394 e. The van der Waals surface area contributed by atoms with Gasteiger partial charge >= 0.3 is 6.18 Å². The Bertz CT molecular complexity index is 588. The number of alkyl halides is 3. The highest BCUT2D eigenvalue weighted by atomic mass is 19.4. The molecule has 1 unspecified atom stereocenters. The summed E-state index contributed by atoms with van der Waals surface area (Å²) in [5.74, 6) is -0.750. The molecule has 0 bridgehead atoms. The van der Waals surface area contributed by atoms with Crippen molar-refractivity contribution in [3.8, 4) is 0 Å². The van der Waals surface area contributed by atoms with Crippen LogP contribution in [0.2, 0.25) is 0 Å². The van der Waals surface area contributed by atoms with Crippen LogP contribution < -0.4 is 5.32 Å². The van der Waals surface area contributed by atoms with Gasteiger partial charge in [-0.1, -0.05) is 13.8 Å². The largest absolute Gasteiger partial charge is 0.416 e. The fourth-order valence-electron chi connectivity index (χ4n) is 2.06. The van der Waals surface area contributed by atoms with Crippen molar-refractivity contribution in [1.29, 1.82) is 0 Å². The van der Waals surface area contributed by atoms with Crippen LogP contribution in [0.1, 0.15) is 36.2 Å². The van der Waals surface area contributed by atoms with E-state index in [9.17, 15) is 33.2 Å². The molecule has 0 saturated heterocycles. The summed E-state index contributed by atoms with van der Waals surface area (Å²) >= 11 is 0. The van der Waals surface area contributed by atoms with Crippen LogP contribution in [0.3, 0.4) is 0 Å². The zero-order valence-corrected chi connectivity index (χ0v) is 12.6. The molecule has 0 radical (unpaired) electrons. The predicted octanol–water partition coefficient (Wildman–Crippen LogP) is 2.75. The Morgan fingerprint density at radius 1 is 1.39 bits per heavy atom. The van der Waals surface area contributed by atoms with Crippen molar-refractivity contribution in [1.82, 2.24) is 5.32 Å². The molecule has 1 amide bonds. The zero-order valence-electron chi connectivity index (χ0n) is 12.6. The van der Waals surface area contributed by atoms with E-state index in [1.165, 1.54) is 0 Å². The van der Waals surface area contributed by atoms with Gasteiger partial charge in [-0.3, -0.25) is 14.9 Å². The first-order chi connectivity index (χ1) is 10.6. The molecule has 0 heterocycles. The molecule has 0 saturated carbocycles. The third-order valence-electron chi connectivity index (χ3n) is 3.08. The number of nitrogens with zero attached hydrogens (tertiary/aromatic N) is 1. The molecule has 0 aliphatic heterocycles. The summed E-state index contributed by atoms with van der Waals surface area (Å²) in [5.41, 5.74) is -2.62. The maximum Gasteiger partial charge on any atom is 0.416 e. The highest BCUT2D eigenvalue weighted by molar-refractivity contribution is 5.98. The summed E-state index contributed by atoms with van der Waals surface area (Å²) in [6, 6.07) is 1.06. The molecule has 128 valence electrons. The Balaban J connectivity index is 3.11. The van der Waals surface area contributed by atoms with Crippen molar-refractivity contribution in [3.05, 3.63) is 39.4 Å². The average Bonchev–Trinajstić information content (AvgIpc) is 2.44. The van der Waals surface area contributed by atoms with Crippen molar-refractivity contribution in [2.45, 2.75) is 32.5 Å². The molecule has 0 spiro atoms. The molecule has 1 aromatic carbocycles. The van der Waals surface area contributed by atoms with E-state index in [0.717, 1.165) is 6.07 Å². The number of nitrogens with one attached hydrogen (secondary N) is 1. The minimum atomic E-state index is -4.74. The number of rotatable bonds is 6. The number of carbonyl (C=O) groups excluding carboxylic acids is 1. The molecule has 0 fully saturated rings. The van der Waals surface area contributed by atoms with Crippen LogP contribution in [0.25, 0.3) is 0 Å². The molecule has 2 N–H and O–H groups in total. The summed E-state index contributed by atoms with van der Waals surface area (Å²) < 4.78 is 37.8. The first-order valence-electron chi connectivity index (χ1n) is 6.83. The monoisotopic (exact) mass is 334 g/mol. The molecule has 0 aromatic heterocycles. The first kappa shape index (κ1) is 18.9. The van der Waals surface area contributed by atoms with Gasteiger partial charge in [0.05, 0.1) is 23.1 Å². The Morgan fingerprint density at radius 2 is 2.00 bits per heavy atom. The highest BCUT2D eigenvalue weighted by Crippen LogP contribution is 2.33. The van der Waals surface area contributed by atoms with E-state index in [0.29, 0.717) is 18.6 Å². The van der Waals surface area contributed by atoms with Gasteiger partial charge in [-0.2, -0.15) is 13.2 Å². The van der Waals surface area contributed by atoms with E-state index in [4.69, 9.17) is 0 Å². The van der Waals surface area contributed by atoms with Crippen molar-refractivity contribution >= 4 is 11.6 Å². The SMILES string of the molecule is CC(C)CC(CO)NC(=O)c1ccc(C(F)(F)F)cc1[N+](=O)[O-]. The number of benzene rings is 1. The molecular formula is C14H17F3N2O4. The molecule has 0 aliphatic carbocycles. The van der Waals surface area contributed by atoms with Crippen molar-refractivity contribution < 1.29 is 28.0 Å². The lowest BCUT2D eigenvalue weighted by molar-refractivity contribution is -0.385. The molecule has 0 aliphatic rings. The van der Waals surface area contributed by atoms with Gasteiger partial charge in [0.25, 0.3) is 11.6 Å². The van der Waals surface area contributed by atoms with Gasteiger partial charge in [0.1, 0.15) is 5.56 Å². The van der Waals surface area contributed by atoms with Crippen LogP contribution in [0, 0.1) is 16.0 Å². The summed E-state index contributed by atoms with van der Waals surface area (Å²) in [5, 5.41) is 22.5. The van der Waals surface area contributed by atoms with Crippen LogP contribution in [0.5, 0.6) is 0 Å². The molecular weight excluding hydrogens is 317 g/mol. The average molecular weight is 334 g/mol. The number of carbonyl (C=O) groups is 1. The van der Waals surface area contributed by atoms with Crippen molar-refractivity contribution in [2.24, 2.45) is 5.92 Å². The van der Waals surface area contributed by atoms with Crippen LogP contribution in [0.15, 0.2) is 18.2 Å². The van der Waals surface area contributed by atoms with E-state index in [1.54, 1.807) is 0 Å². The second-order valence-corrected chi connectivity index (χ2v) is 5.47. The number of hydrogen-bond acceptors (Lipinski definition) is 4. The Kier molecular flexibility index (Phi) is 6.08. The fraction of sp³-hybridized carbons (Fsp3) is 0.500. The van der Waals surface area contributed by atoms with Crippen LogP contribution in [0.4, 0.5) is 18.9 Å². The zero-order chi connectivity index (χ0) is 17.8. The third kappa shape index (κ3) is 5.20. The van der Waals surface area contributed by atoms with E-state index in [1.807, 2.05) is 13.8 Å². The molecule has 6 nitrogen and oxygen atoms in total.